The van der Waals surface area contributed by atoms with Crippen LogP contribution < -0.4 is 4.74 Å². The minimum absolute atomic E-state index is 0.737. The maximum Gasteiger partial charge on any atom is 0.119 e. The van der Waals surface area contributed by atoms with Crippen molar-refractivity contribution in [3.63, 3.8) is 0 Å². The van der Waals surface area contributed by atoms with Gasteiger partial charge in [0.2, 0.25) is 0 Å². The van der Waals surface area contributed by atoms with Gasteiger partial charge in [-0.05, 0) is 79.9 Å². The van der Waals surface area contributed by atoms with Crippen LogP contribution in [-0.4, -0.2) is 6.61 Å². The maximum atomic E-state index is 5.60. The van der Waals surface area contributed by atoms with Crippen LogP contribution >= 0.6 is 0 Å². The third-order valence-electron chi connectivity index (χ3n) is 5.60. The van der Waals surface area contributed by atoms with Gasteiger partial charge in [-0.2, -0.15) is 0 Å². The largest absolute Gasteiger partial charge is 0.494 e. The quantitative estimate of drug-likeness (QED) is 0.298. The van der Waals surface area contributed by atoms with Gasteiger partial charge in [-0.3, -0.25) is 0 Å². The SMILES string of the molecule is CCCCCCC1CCC(C=CC#CC=Cc2ccc(OCCC)cc2)CC1. The Balaban J connectivity index is 1.64. The number of benzene rings is 1. The number of unbranched alkanes of at least 4 members (excludes halogenated alkanes) is 3. The van der Waals surface area contributed by atoms with E-state index in [9.17, 15) is 0 Å². The number of allylic oxidation sites excluding steroid dienone is 3. The lowest BCUT2D eigenvalue weighted by atomic mass is 9.79. The fourth-order valence-electron chi connectivity index (χ4n) is 3.84. The Morgan fingerprint density at radius 2 is 1.64 bits per heavy atom. The van der Waals surface area contributed by atoms with E-state index in [1.807, 2.05) is 24.3 Å². The van der Waals surface area contributed by atoms with Crippen molar-refractivity contribution in [2.24, 2.45) is 11.8 Å². The van der Waals surface area contributed by atoms with E-state index in [1.165, 1.54) is 57.8 Å². The average molecular weight is 379 g/mol. The zero-order chi connectivity index (χ0) is 19.9. The van der Waals surface area contributed by atoms with Crippen LogP contribution in [0.2, 0.25) is 0 Å². The first-order valence-corrected chi connectivity index (χ1v) is 11.4. The molecule has 28 heavy (non-hydrogen) atoms. The highest BCUT2D eigenvalue weighted by molar-refractivity contribution is 5.54. The smallest absolute Gasteiger partial charge is 0.119 e. The summed E-state index contributed by atoms with van der Waals surface area (Å²) in [5.74, 6) is 8.93. The summed E-state index contributed by atoms with van der Waals surface area (Å²) in [5, 5.41) is 0. The summed E-state index contributed by atoms with van der Waals surface area (Å²) in [6, 6.07) is 8.17. The lowest BCUT2D eigenvalue weighted by molar-refractivity contribution is 0.289. The van der Waals surface area contributed by atoms with Crippen molar-refractivity contribution in [1.29, 1.82) is 0 Å². The van der Waals surface area contributed by atoms with Gasteiger partial charge in [0.05, 0.1) is 6.61 Å². The molecule has 152 valence electrons. The van der Waals surface area contributed by atoms with Gasteiger partial charge in [0, 0.05) is 0 Å². The van der Waals surface area contributed by atoms with Crippen LogP contribution in [0.4, 0.5) is 0 Å². The molecule has 1 aromatic rings. The predicted molar refractivity (Wildman–Crippen MR) is 122 cm³/mol. The number of ether oxygens (including phenoxy) is 1. The van der Waals surface area contributed by atoms with Crippen LogP contribution in [0.1, 0.15) is 83.6 Å². The molecule has 1 saturated carbocycles. The summed E-state index contributed by atoms with van der Waals surface area (Å²) < 4.78 is 5.60. The first kappa shape index (κ1) is 22.4. The molecule has 2 rings (SSSR count). The van der Waals surface area contributed by atoms with Gasteiger partial charge in [0.1, 0.15) is 5.75 Å². The molecular formula is C27H38O. The highest BCUT2D eigenvalue weighted by atomic mass is 16.5. The molecule has 1 aliphatic rings. The third kappa shape index (κ3) is 9.32. The molecule has 1 heteroatoms. The maximum absolute atomic E-state index is 5.60. The van der Waals surface area contributed by atoms with Crippen molar-refractivity contribution in [1.82, 2.24) is 0 Å². The number of hydrogen-bond acceptors (Lipinski definition) is 1. The lowest BCUT2D eigenvalue weighted by Crippen LogP contribution is -2.12. The van der Waals surface area contributed by atoms with Gasteiger partial charge < -0.3 is 4.74 Å². The van der Waals surface area contributed by atoms with Crippen molar-refractivity contribution in [3.05, 3.63) is 48.1 Å². The second-order valence-corrected chi connectivity index (χ2v) is 8.03. The summed E-state index contributed by atoms with van der Waals surface area (Å²) in [4.78, 5) is 0. The van der Waals surface area contributed by atoms with E-state index in [-0.39, 0.29) is 0 Å². The molecule has 0 bridgehead atoms. The Morgan fingerprint density at radius 3 is 2.36 bits per heavy atom. The van der Waals surface area contributed by atoms with Crippen molar-refractivity contribution >= 4 is 6.08 Å². The molecule has 0 amide bonds. The van der Waals surface area contributed by atoms with Crippen molar-refractivity contribution in [2.75, 3.05) is 6.61 Å². The highest BCUT2D eigenvalue weighted by Crippen LogP contribution is 2.32. The van der Waals surface area contributed by atoms with E-state index in [1.54, 1.807) is 0 Å². The van der Waals surface area contributed by atoms with E-state index in [4.69, 9.17) is 4.74 Å². The molecule has 1 aliphatic carbocycles. The third-order valence-corrected chi connectivity index (χ3v) is 5.60. The standard InChI is InChI=1S/C27H38O/c1-3-5-6-9-12-24-15-17-25(18-16-24)13-10-7-8-11-14-26-19-21-27(22-20-26)28-23-4-2/h10-11,13-14,19-22,24-25H,3-6,9,12,15-18,23H2,1-2H3. The van der Waals surface area contributed by atoms with Gasteiger partial charge in [-0.15, -0.1) is 0 Å². The van der Waals surface area contributed by atoms with Crippen LogP contribution in [0.3, 0.4) is 0 Å². The second kappa shape index (κ2) is 14.1. The van der Waals surface area contributed by atoms with Crippen molar-refractivity contribution in [2.45, 2.75) is 78.1 Å². The summed E-state index contributed by atoms with van der Waals surface area (Å²) in [6.07, 6.45) is 22.0. The highest BCUT2D eigenvalue weighted by Gasteiger charge is 2.18. The molecular weight excluding hydrogens is 340 g/mol. The predicted octanol–water partition coefficient (Wildman–Crippen LogP) is 7.83. The van der Waals surface area contributed by atoms with Crippen LogP contribution in [0, 0.1) is 23.7 Å². The van der Waals surface area contributed by atoms with Gasteiger partial charge in [0.15, 0.2) is 0 Å². The van der Waals surface area contributed by atoms with E-state index >= 15 is 0 Å². The molecule has 0 atom stereocenters. The van der Waals surface area contributed by atoms with E-state index in [0.29, 0.717) is 0 Å². The zero-order valence-corrected chi connectivity index (χ0v) is 18.0. The Kier molecular flexibility index (Phi) is 11.3. The average Bonchev–Trinajstić information content (AvgIpc) is 2.74. The normalized spacial score (nSPS) is 19.6. The first-order valence-electron chi connectivity index (χ1n) is 11.4. The van der Waals surface area contributed by atoms with Crippen LogP contribution in [0.5, 0.6) is 5.75 Å². The zero-order valence-electron chi connectivity index (χ0n) is 18.0. The Bertz CT molecular complexity index is 633. The molecule has 0 unspecified atom stereocenters. The fraction of sp³-hybridized carbons (Fsp3) is 0.556. The van der Waals surface area contributed by atoms with Crippen molar-refractivity contribution in [3.8, 4) is 17.6 Å². The summed E-state index contributed by atoms with van der Waals surface area (Å²) in [7, 11) is 0. The molecule has 1 nitrogen and oxygen atoms in total. The Hall–Kier alpha value is -1.94. The first-order chi connectivity index (χ1) is 13.8. The molecule has 0 spiro atoms. The van der Waals surface area contributed by atoms with Gasteiger partial charge in [-0.1, -0.05) is 76.0 Å². The van der Waals surface area contributed by atoms with Crippen LogP contribution in [-0.2, 0) is 0 Å². The van der Waals surface area contributed by atoms with Gasteiger partial charge in [0.25, 0.3) is 0 Å². The molecule has 0 aliphatic heterocycles. The van der Waals surface area contributed by atoms with E-state index in [2.05, 4.69) is 50.0 Å². The summed E-state index contributed by atoms with van der Waals surface area (Å²) in [6.45, 7) is 5.18. The van der Waals surface area contributed by atoms with Gasteiger partial charge >= 0.3 is 0 Å². The fourth-order valence-corrected chi connectivity index (χ4v) is 3.84. The summed E-state index contributed by atoms with van der Waals surface area (Å²) >= 11 is 0. The number of hydrogen-bond donors (Lipinski definition) is 0. The van der Waals surface area contributed by atoms with E-state index in [0.717, 1.165) is 36.2 Å². The minimum Gasteiger partial charge on any atom is -0.494 e. The lowest BCUT2D eigenvalue weighted by Gasteiger charge is -2.26. The molecule has 1 aromatic carbocycles. The molecule has 1 fully saturated rings. The monoisotopic (exact) mass is 378 g/mol. The Labute approximate surface area is 173 Å². The Morgan fingerprint density at radius 1 is 0.893 bits per heavy atom. The van der Waals surface area contributed by atoms with Crippen LogP contribution in [0.15, 0.2) is 42.5 Å². The topological polar surface area (TPSA) is 9.23 Å². The van der Waals surface area contributed by atoms with Gasteiger partial charge in [-0.25, -0.2) is 0 Å². The molecule has 0 radical (unpaired) electrons. The number of rotatable bonds is 10. The second-order valence-electron chi connectivity index (χ2n) is 8.03. The molecule has 0 saturated heterocycles. The minimum atomic E-state index is 0.737. The van der Waals surface area contributed by atoms with Crippen LogP contribution in [0.25, 0.3) is 6.08 Å². The van der Waals surface area contributed by atoms with Crippen molar-refractivity contribution < 1.29 is 4.74 Å². The summed E-state index contributed by atoms with van der Waals surface area (Å²) in [5.41, 5.74) is 1.15. The molecule has 0 N–H and O–H groups in total. The molecule has 0 heterocycles. The molecule has 0 aromatic heterocycles. The van der Waals surface area contributed by atoms with E-state index < -0.39 is 0 Å².